The predicted octanol–water partition coefficient (Wildman–Crippen LogP) is 3.61. The molecule has 2 rings (SSSR count). The fourth-order valence-electron chi connectivity index (χ4n) is 2.94. The number of hydrogen-bond donors (Lipinski definition) is 1. The van der Waals surface area contributed by atoms with Gasteiger partial charge in [-0.2, -0.15) is 0 Å². The lowest BCUT2D eigenvalue weighted by Gasteiger charge is -2.42. The normalized spacial score (nSPS) is 35.0. The van der Waals surface area contributed by atoms with Gasteiger partial charge in [0.1, 0.15) is 0 Å². The van der Waals surface area contributed by atoms with Gasteiger partial charge in [-0.25, -0.2) is 0 Å². The molecule has 0 aliphatic heterocycles. The van der Waals surface area contributed by atoms with Gasteiger partial charge < -0.3 is 5.73 Å². The van der Waals surface area contributed by atoms with Crippen LogP contribution in [0.2, 0.25) is 0 Å². The summed E-state index contributed by atoms with van der Waals surface area (Å²) >= 11 is 0. The van der Waals surface area contributed by atoms with E-state index in [1.807, 2.05) is 0 Å². The highest BCUT2D eigenvalue weighted by atomic mass is 14.8. The summed E-state index contributed by atoms with van der Waals surface area (Å²) in [6, 6.07) is 8.78. The van der Waals surface area contributed by atoms with Gasteiger partial charge in [0.2, 0.25) is 0 Å². The average Bonchev–Trinajstić information content (AvgIpc) is 2.25. The molecule has 0 radical (unpaired) electrons. The summed E-state index contributed by atoms with van der Waals surface area (Å²) in [7, 11) is 0. The van der Waals surface area contributed by atoms with E-state index in [2.05, 4.69) is 45.0 Å². The Balaban J connectivity index is 2.32. The molecule has 3 unspecified atom stereocenters. The molecule has 1 aliphatic carbocycles. The predicted molar refractivity (Wildman–Crippen MR) is 69.2 cm³/mol. The van der Waals surface area contributed by atoms with Gasteiger partial charge in [0, 0.05) is 5.54 Å². The van der Waals surface area contributed by atoms with E-state index in [0.29, 0.717) is 5.92 Å². The molecule has 0 saturated heterocycles. The number of hydrogen-bond acceptors (Lipinski definition) is 1. The van der Waals surface area contributed by atoms with E-state index in [-0.39, 0.29) is 5.54 Å². The first kappa shape index (κ1) is 11.7. The van der Waals surface area contributed by atoms with E-state index in [9.17, 15) is 0 Å². The van der Waals surface area contributed by atoms with Gasteiger partial charge in [-0.1, -0.05) is 50.1 Å². The molecule has 1 aromatic rings. The SMILES string of the molecule is Cc1ccc(C2(N)CC(C)CCC2C)cc1. The molecular formula is C15H23N. The Hall–Kier alpha value is -0.820. The van der Waals surface area contributed by atoms with Gasteiger partial charge in [0.05, 0.1) is 0 Å². The summed E-state index contributed by atoms with van der Waals surface area (Å²) < 4.78 is 0. The molecule has 1 heteroatoms. The van der Waals surface area contributed by atoms with Crippen molar-refractivity contribution in [2.75, 3.05) is 0 Å². The van der Waals surface area contributed by atoms with E-state index in [1.54, 1.807) is 0 Å². The summed E-state index contributed by atoms with van der Waals surface area (Å²) in [6.07, 6.45) is 3.70. The largest absolute Gasteiger partial charge is 0.321 e. The Morgan fingerprint density at radius 3 is 2.38 bits per heavy atom. The molecule has 0 aromatic heterocycles. The summed E-state index contributed by atoms with van der Waals surface area (Å²) in [4.78, 5) is 0. The summed E-state index contributed by atoms with van der Waals surface area (Å²) in [5.74, 6) is 1.34. The molecule has 0 amide bonds. The Morgan fingerprint density at radius 1 is 1.12 bits per heavy atom. The van der Waals surface area contributed by atoms with Crippen molar-refractivity contribution >= 4 is 0 Å². The number of aryl methyl sites for hydroxylation is 1. The average molecular weight is 217 g/mol. The van der Waals surface area contributed by atoms with Gasteiger partial charge >= 0.3 is 0 Å². The lowest BCUT2D eigenvalue weighted by atomic mass is 9.67. The Bertz CT molecular complexity index is 354. The maximum absolute atomic E-state index is 6.66. The van der Waals surface area contributed by atoms with E-state index in [1.165, 1.54) is 24.0 Å². The van der Waals surface area contributed by atoms with Gasteiger partial charge in [-0.15, -0.1) is 0 Å². The fraction of sp³-hybridized carbons (Fsp3) is 0.600. The molecule has 88 valence electrons. The summed E-state index contributed by atoms with van der Waals surface area (Å²) in [5.41, 5.74) is 9.18. The maximum atomic E-state index is 6.66. The Morgan fingerprint density at radius 2 is 1.75 bits per heavy atom. The van der Waals surface area contributed by atoms with Crippen LogP contribution in [0, 0.1) is 18.8 Å². The van der Waals surface area contributed by atoms with Gasteiger partial charge in [0.15, 0.2) is 0 Å². The molecule has 1 fully saturated rings. The smallest absolute Gasteiger partial charge is 0.0438 e. The third kappa shape index (κ3) is 2.01. The minimum atomic E-state index is -0.106. The van der Waals surface area contributed by atoms with Crippen molar-refractivity contribution in [3.05, 3.63) is 35.4 Å². The van der Waals surface area contributed by atoms with Gasteiger partial charge in [0.25, 0.3) is 0 Å². The van der Waals surface area contributed by atoms with Crippen molar-refractivity contribution in [2.24, 2.45) is 17.6 Å². The second-order valence-corrected chi connectivity index (χ2v) is 5.69. The van der Waals surface area contributed by atoms with E-state index in [4.69, 9.17) is 5.73 Å². The van der Waals surface area contributed by atoms with Gasteiger partial charge in [-0.3, -0.25) is 0 Å². The van der Waals surface area contributed by atoms with Crippen molar-refractivity contribution in [1.29, 1.82) is 0 Å². The minimum Gasteiger partial charge on any atom is -0.321 e. The zero-order valence-corrected chi connectivity index (χ0v) is 10.7. The van der Waals surface area contributed by atoms with Crippen LogP contribution in [0.3, 0.4) is 0 Å². The molecule has 2 N–H and O–H groups in total. The van der Waals surface area contributed by atoms with Crippen LogP contribution >= 0.6 is 0 Å². The highest BCUT2D eigenvalue weighted by Gasteiger charge is 2.38. The van der Waals surface area contributed by atoms with Crippen LogP contribution in [0.25, 0.3) is 0 Å². The minimum absolute atomic E-state index is 0.106. The molecule has 1 aliphatic rings. The highest BCUT2D eigenvalue weighted by molar-refractivity contribution is 5.29. The number of nitrogens with two attached hydrogens (primary N) is 1. The number of rotatable bonds is 1. The highest BCUT2D eigenvalue weighted by Crippen LogP contribution is 2.41. The van der Waals surface area contributed by atoms with Crippen LogP contribution in [0.1, 0.15) is 44.2 Å². The van der Waals surface area contributed by atoms with Crippen LogP contribution in [0.15, 0.2) is 24.3 Å². The van der Waals surface area contributed by atoms with Crippen LogP contribution < -0.4 is 5.73 Å². The molecule has 0 bridgehead atoms. The molecule has 0 spiro atoms. The molecular weight excluding hydrogens is 194 g/mol. The topological polar surface area (TPSA) is 26.0 Å². The maximum Gasteiger partial charge on any atom is 0.0438 e. The first-order valence-corrected chi connectivity index (χ1v) is 6.38. The third-order valence-corrected chi connectivity index (χ3v) is 4.25. The molecule has 3 atom stereocenters. The Labute approximate surface area is 99.0 Å². The fourth-order valence-corrected chi connectivity index (χ4v) is 2.94. The summed E-state index contributed by atoms with van der Waals surface area (Å²) in [6.45, 7) is 6.74. The first-order valence-electron chi connectivity index (χ1n) is 6.38. The quantitative estimate of drug-likeness (QED) is 0.764. The van der Waals surface area contributed by atoms with E-state index < -0.39 is 0 Å². The van der Waals surface area contributed by atoms with Crippen LogP contribution in [-0.4, -0.2) is 0 Å². The van der Waals surface area contributed by atoms with Crippen LogP contribution in [0.4, 0.5) is 0 Å². The van der Waals surface area contributed by atoms with Crippen molar-refractivity contribution in [3.8, 4) is 0 Å². The van der Waals surface area contributed by atoms with Crippen LogP contribution in [-0.2, 0) is 5.54 Å². The molecule has 1 saturated carbocycles. The van der Waals surface area contributed by atoms with Crippen LogP contribution in [0.5, 0.6) is 0 Å². The van der Waals surface area contributed by atoms with E-state index >= 15 is 0 Å². The molecule has 1 aromatic carbocycles. The second kappa shape index (κ2) is 4.21. The van der Waals surface area contributed by atoms with Crippen molar-refractivity contribution in [3.63, 3.8) is 0 Å². The standard InChI is InChI=1S/C15H23N/c1-11-5-8-14(9-6-11)15(16)10-12(2)4-7-13(15)3/h5-6,8-9,12-13H,4,7,10,16H2,1-3H3. The molecule has 0 heterocycles. The third-order valence-electron chi connectivity index (χ3n) is 4.25. The molecule has 16 heavy (non-hydrogen) atoms. The molecule has 1 nitrogen and oxygen atoms in total. The van der Waals surface area contributed by atoms with Gasteiger partial charge in [-0.05, 0) is 37.2 Å². The zero-order chi connectivity index (χ0) is 11.8. The second-order valence-electron chi connectivity index (χ2n) is 5.69. The van der Waals surface area contributed by atoms with Crippen molar-refractivity contribution in [1.82, 2.24) is 0 Å². The number of benzene rings is 1. The summed E-state index contributed by atoms with van der Waals surface area (Å²) in [5, 5.41) is 0. The lowest BCUT2D eigenvalue weighted by molar-refractivity contribution is 0.162. The first-order chi connectivity index (χ1) is 7.52. The lowest BCUT2D eigenvalue weighted by Crippen LogP contribution is -2.47. The van der Waals surface area contributed by atoms with Crippen molar-refractivity contribution < 1.29 is 0 Å². The monoisotopic (exact) mass is 217 g/mol. The zero-order valence-electron chi connectivity index (χ0n) is 10.7. The van der Waals surface area contributed by atoms with E-state index in [0.717, 1.165) is 12.3 Å². The van der Waals surface area contributed by atoms with Crippen molar-refractivity contribution in [2.45, 2.75) is 45.6 Å². The Kier molecular flexibility index (Phi) is 3.07.